The van der Waals surface area contributed by atoms with E-state index in [1.807, 2.05) is 39.0 Å². The molecule has 134 valence electrons. The van der Waals surface area contributed by atoms with Crippen LogP contribution in [0.4, 0.5) is 10.5 Å². The molecule has 1 fully saturated rings. The van der Waals surface area contributed by atoms with Crippen molar-refractivity contribution in [2.75, 3.05) is 18.4 Å². The zero-order valence-electron chi connectivity index (χ0n) is 14.8. The lowest BCUT2D eigenvalue weighted by Gasteiger charge is -2.32. The largest absolute Gasteiger partial charge is 0.444 e. The fourth-order valence-electron chi connectivity index (χ4n) is 2.92. The number of piperidine rings is 1. The highest BCUT2D eigenvalue weighted by molar-refractivity contribution is 5.95. The van der Waals surface area contributed by atoms with E-state index in [0.29, 0.717) is 25.9 Å². The quantitative estimate of drug-likeness (QED) is 0.876. The van der Waals surface area contributed by atoms with Gasteiger partial charge >= 0.3 is 6.09 Å². The lowest BCUT2D eigenvalue weighted by Crippen LogP contribution is -2.43. The smallest absolute Gasteiger partial charge is 0.410 e. The van der Waals surface area contributed by atoms with Gasteiger partial charge in [0.05, 0.1) is 11.7 Å². The molecule has 7 nitrogen and oxygen atoms in total. The SMILES string of the molecule is CC(C)(C)OC(=O)N1CCC(C(=O)Nc2ccc3[nH]ncc3c2)CC1. The second kappa shape index (κ2) is 6.74. The van der Waals surface area contributed by atoms with Crippen molar-refractivity contribution >= 4 is 28.6 Å². The fourth-order valence-corrected chi connectivity index (χ4v) is 2.92. The Bertz CT molecular complexity index is 770. The summed E-state index contributed by atoms with van der Waals surface area (Å²) in [5.41, 5.74) is 1.19. The first kappa shape index (κ1) is 17.3. The lowest BCUT2D eigenvalue weighted by molar-refractivity contribution is -0.121. The maximum Gasteiger partial charge on any atom is 0.410 e. The van der Waals surface area contributed by atoms with Crippen LogP contribution in [-0.2, 0) is 9.53 Å². The van der Waals surface area contributed by atoms with E-state index >= 15 is 0 Å². The van der Waals surface area contributed by atoms with E-state index < -0.39 is 5.60 Å². The van der Waals surface area contributed by atoms with Crippen LogP contribution in [0.15, 0.2) is 24.4 Å². The summed E-state index contributed by atoms with van der Waals surface area (Å²) in [4.78, 5) is 26.2. The van der Waals surface area contributed by atoms with Crippen molar-refractivity contribution in [3.05, 3.63) is 24.4 Å². The number of anilines is 1. The Morgan fingerprint density at radius 3 is 2.68 bits per heavy atom. The number of aromatic amines is 1. The number of hydrogen-bond acceptors (Lipinski definition) is 4. The van der Waals surface area contributed by atoms with Crippen LogP contribution < -0.4 is 5.32 Å². The molecule has 1 aliphatic heterocycles. The van der Waals surface area contributed by atoms with Crippen molar-refractivity contribution < 1.29 is 14.3 Å². The number of ether oxygens (including phenoxy) is 1. The topological polar surface area (TPSA) is 87.3 Å². The van der Waals surface area contributed by atoms with Crippen molar-refractivity contribution in [3.63, 3.8) is 0 Å². The van der Waals surface area contributed by atoms with E-state index in [-0.39, 0.29) is 17.9 Å². The minimum Gasteiger partial charge on any atom is -0.444 e. The molecule has 0 atom stereocenters. The second-order valence-corrected chi connectivity index (χ2v) is 7.40. The summed E-state index contributed by atoms with van der Waals surface area (Å²) < 4.78 is 5.38. The molecule has 1 saturated heterocycles. The molecule has 0 bridgehead atoms. The number of nitrogens with zero attached hydrogens (tertiary/aromatic N) is 2. The average Bonchev–Trinajstić information content (AvgIpc) is 3.01. The summed E-state index contributed by atoms with van der Waals surface area (Å²) in [6.45, 7) is 6.62. The Labute approximate surface area is 146 Å². The molecule has 0 unspecified atom stereocenters. The summed E-state index contributed by atoms with van der Waals surface area (Å²) in [6.07, 6.45) is 2.69. The van der Waals surface area contributed by atoms with E-state index in [4.69, 9.17) is 4.74 Å². The third kappa shape index (κ3) is 4.29. The molecule has 2 amide bonds. The van der Waals surface area contributed by atoms with Gasteiger partial charge in [-0.1, -0.05) is 0 Å². The van der Waals surface area contributed by atoms with Gasteiger partial charge in [-0.25, -0.2) is 4.79 Å². The highest BCUT2D eigenvalue weighted by atomic mass is 16.6. The highest BCUT2D eigenvalue weighted by Gasteiger charge is 2.29. The molecule has 2 aromatic rings. The van der Waals surface area contributed by atoms with E-state index in [1.54, 1.807) is 11.1 Å². The molecule has 7 heteroatoms. The van der Waals surface area contributed by atoms with Crippen molar-refractivity contribution in [1.82, 2.24) is 15.1 Å². The van der Waals surface area contributed by atoms with Crippen LogP contribution in [0, 0.1) is 5.92 Å². The fraction of sp³-hybridized carbons (Fsp3) is 0.500. The first-order valence-electron chi connectivity index (χ1n) is 8.54. The molecule has 0 radical (unpaired) electrons. The molecule has 0 aliphatic carbocycles. The molecule has 1 aliphatic rings. The van der Waals surface area contributed by atoms with Gasteiger partial charge in [-0.3, -0.25) is 9.89 Å². The first-order valence-corrected chi connectivity index (χ1v) is 8.54. The van der Waals surface area contributed by atoms with Gasteiger partial charge in [0.25, 0.3) is 0 Å². The third-order valence-corrected chi connectivity index (χ3v) is 4.23. The van der Waals surface area contributed by atoms with Crippen molar-refractivity contribution in [2.24, 2.45) is 5.92 Å². The van der Waals surface area contributed by atoms with Gasteiger partial charge in [0.1, 0.15) is 5.60 Å². The van der Waals surface area contributed by atoms with Gasteiger partial charge in [0.15, 0.2) is 0 Å². The molecule has 1 aromatic heterocycles. The molecule has 0 spiro atoms. The van der Waals surface area contributed by atoms with Gasteiger partial charge in [0, 0.05) is 30.1 Å². The minimum atomic E-state index is -0.503. The van der Waals surface area contributed by atoms with Crippen LogP contribution in [0.25, 0.3) is 10.9 Å². The number of fused-ring (bicyclic) bond motifs is 1. The minimum absolute atomic E-state index is 0.00770. The van der Waals surface area contributed by atoms with E-state index in [1.165, 1.54) is 0 Å². The third-order valence-electron chi connectivity index (χ3n) is 4.23. The number of aromatic nitrogens is 2. The second-order valence-electron chi connectivity index (χ2n) is 7.40. The molecule has 2 heterocycles. The predicted molar refractivity (Wildman–Crippen MR) is 95.3 cm³/mol. The Kier molecular flexibility index (Phi) is 4.65. The van der Waals surface area contributed by atoms with E-state index in [2.05, 4.69) is 15.5 Å². The van der Waals surface area contributed by atoms with Crippen LogP contribution in [0.1, 0.15) is 33.6 Å². The van der Waals surface area contributed by atoms with Gasteiger partial charge in [-0.05, 0) is 51.8 Å². The summed E-state index contributed by atoms with van der Waals surface area (Å²) in [5.74, 6) is -0.106. The zero-order valence-corrected chi connectivity index (χ0v) is 14.8. The highest BCUT2D eigenvalue weighted by Crippen LogP contribution is 2.22. The molecule has 25 heavy (non-hydrogen) atoms. The number of amides is 2. The van der Waals surface area contributed by atoms with Gasteiger partial charge in [-0.2, -0.15) is 5.10 Å². The Balaban J connectivity index is 1.53. The van der Waals surface area contributed by atoms with Crippen LogP contribution >= 0.6 is 0 Å². The van der Waals surface area contributed by atoms with Gasteiger partial charge in [0.2, 0.25) is 5.91 Å². The Morgan fingerprint density at radius 2 is 2.00 bits per heavy atom. The molecular formula is C18H24N4O3. The number of nitrogens with one attached hydrogen (secondary N) is 2. The van der Waals surface area contributed by atoms with Gasteiger partial charge < -0.3 is 15.0 Å². The number of rotatable bonds is 2. The number of H-pyrrole nitrogens is 1. The van der Waals surface area contributed by atoms with Gasteiger partial charge in [-0.15, -0.1) is 0 Å². The van der Waals surface area contributed by atoms with Crippen LogP contribution in [0.2, 0.25) is 0 Å². The zero-order chi connectivity index (χ0) is 18.0. The molecule has 2 N–H and O–H groups in total. The van der Waals surface area contributed by atoms with Crippen LogP contribution in [-0.4, -0.2) is 45.8 Å². The number of carbonyl (C=O) groups is 2. The molecule has 0 saturated carbocycles. The Hall–Kier alpha value is -2.57. The number of hydrogen-bond donors (Lipinski definition) is 2. The summed E-state index contributed by atoms with van der Waals surface area (Å²) in [5, 5.41) is 10.8. The summed E-state index contributed by atoms with van der Waals surface area (Å²) in [6, 6.07) is 5.64. The van der Waals surface area contributed by atoms with Crippen molar-refractivity contribution in [2.45, 2.75) is 39.2 Å². The van der Waals surface area contributed by atoms with Crippen LogP contribution in [0.3, 0.4) is 0 Å². The predicted octanol–water partition coefficient (Wildman–Crippen LogP) is 3.15. The first-order chi connectivity index (χ1) is 11.8. The number of benzene rings is 1. The lowest BCUT2D eigenvalue weighted by atomic mass is 9.96. The number of carbonyl (C=O) groups excluding carboxylic acids is 2. The summed E-state index contributed by atoms with van der Waals surface area (Å²) >= 11 is 0. The normalized spacial score (nSPS) is 16.0. The molecular weight excluding hydrogens is 320 g/mol. The molecule has 1 aromatic carbocycles. The van der Waals surface area contributed by atoms with E-state index in [9.17, 15) is 9.59 Å². The maximum atomic E-state index is 12.5. The van der Waals surface area contributed by atoms with Crippen LogP contribution in [0.5, 0.6) is 0 Å². The van der Waals surface area contributed by atoms with Crippen molar-refractivity contribution in [1.29, 1.82) is 0 Å². The Morgan fingerprint density at radius 1 is 1.28 bits per heavy atom. The standard InChI is InChI=1S/C18H24N4O3/c1-18(2,3)25-17(24)22-8-6-12(7-9-22)16(23)20-14-4-5-15-13(10-14)11-19-21-15/h4-5,10-12H,6-9H2,1-3H3,(H,19,21)(H,20,23). The maximum absolute atomic E-state index is 12.5. The van der Waals surface area contributed by atoms with Crippen molar-refractivity contribution in [3.8, 4) is 0 Å². The monoisotopic (exact) mass is 344 g/mol. The number of likely N-dealkylation sites (tertiary alicyclic amines) is 1. The van der Waals surface area contributed by atoms with E-state index in [0.717, 1.165) is 16.6 Å². The molecule has 3 rings (SSSR count). The summed E-state index contributed by atoms with van der Waals surface area (Å²) in [7, 11) is 0. The average molecular weight is 344 g/mol.